The molecule has 0 bridgehead atoms. The average molecular weight is 326 g/mol. The molecule has 3 rings (SSSR count). The van der Waals surface area contributed by atoms with Gasteiger partial charge in [0.05, 0.1) is 7.11 Å². The minimum Gasteiger partial charge on any atom is -0.465 e. The zero-order valence-corrected chi connectivity index (χ0v) is 12.9. The second-order valence-corrected chi connectivity index (χ2v) is 4.85. The van der Waals surface area contributed by atoms with Gasteiger partial charge in [0, 0.05) is 6.08 Å². The smallest absolute Gasteiger partial charge is 0.341 e. The third-order valence-corrected chi connectivity index (χ3v) is 3.31. The Balaban J connectivity index is 1.71. The van der Waals surface area contributed by atoms with Crippen LogP contribution >= 0.6 is 0 Å². The molecule has 0 unspecified atom stereocenters. The first-order chi connectivity index (χ1) is 11.7. The van der Waals surface area contributed by atoms with Crippen LogP contribution < -0.4 is 14.2 Å². The molecule has 1 aliphatic rings. The third-order valence-electron chi connectivity index (χ3n) is 3.31. The maximum atomic E-state index is 12.0. The van der Waals surface area contributed by atoms with Crippen molar-refractivity contribution in [3.63, 3.8) is 0 Å². The number of methoxy groups -OCH3 is 1. The molecule has 2 aromatic rings. The van der Waals surface area contributed by atoms with Gasteiger partial charge in [0.25, 0.3) is 0 Å². The van der Waals surface area contributed by atoms with E-state index in [1.165, 1.54) is 25.3 Å². The van der Waals surface area contributed by atoms with Gasteiger partial charge in [0.2, 0.25) is 6.79 Å². The molecule has 0 saturated carbocycles. The summed E-state index contributed by atoms with van der Waals surface area (Å²) in [6.45, 7) is 0.189. The average Bonchev–Trinajstić information content (AvgIpc) is 3.07. The Hall–Kier alpha value is -3.28. The lowest BCUT2D eigenvalue weighted by Crippen LogP contribution is -2.09. The quantitative estimate of drug-likeness (QED) is 0.489. The van der Waals surface area contributed by atoms with Crippen LogP contribution in [0.3, 0.4) is 0 Å². The normalized spacial score (nSPS) is 12.2. The number of esters is 2. The largest absolute Gasteiger partial charge is 0.465 e. The standard InChI is InChI=1S/C18H14O6/c1-21-18(20)13-4-2-3-5-14(13)24-17(19)9-7-12-6-8-15-16(10-12)23-11-22-15/h2-10H,11H2,1H3. The lowest BCUT2D eigenvalue weighted by atomic mass is 10.2. The van der Waals surface area contributed by atoms with Crippen molar-refractivity contribution in [2.75, 3.05) is 13.9 Å². The molecule has 0 atom stereocenters. The Morgan fingerprint density at radius 1 is 1.08 bits per heavy atom. The summed E-state index contributed by atoms with van der Waals surface area (Å²) in [6.07, 6.45) is 2.86. The van der Waals surface area contributed by atoms with E-state index in [-0.39, 0.29) is 18.1 Å². The van der Waals surface area contributed by atoms with Gasteiger partial charge >= 0.3 is 11.9 Å². The molecule has 1 aliphatic heterocycles. The molecule has 0 spiro atoms. The predicted octanol–water partition coefficient (Wildman–Crippen LogP) is 2.82. The van der Waals surface area contributed by atoms with Crippen molar-refractivity contribution >= 4 is 18.0 Å². The second kappa shape index (κ2) is 6.87. The third kappa shape index (κ3) is 3.38. The summed E-state index contributed by atoms with van der Waals surface area (Å²) in [4.78, 5) is 23.6. The van der Waals surface area contributed by atoms with E-state index >= 15 is 0 Å². The summed E-state index contributed by atoms with van der Waals surface area (Å²) in [5.74, 6) is 0.259. The van der Waals surface area contributed by atoms with Gasteiger partial charge in [-0.2, -0.15) is 0 Å². The van der Waals surface area contributed by atoms with Crippen LogP contribution in [0.15, 0.2) is 48.5 Å². The number of carbonyl (C=O) groups is 2. The fourth-order valence-corrected chi connectivity index (χ4v) is 2.16. The lowest BCUT2D eigenvalue weighted by molar-refractivity contribution is -0.128. The van der Waals surface area contributed by atoms with Gasteiger partial charge in [-0.25, -0.2) is 9.59 Å². The van der Waals surface area contributed by atoms with Gasteiger partial charge in [-0.3, -0.25) is 0 Å². The molecule has 122 valence electrons. The fourth-order valence-electron chi connectivity index (χ4n) is 2.16. The van der Waals surface area contributed by atoms with Crippen LogP contribution in [0.25, 0.3) is 6.08 Å². The second-order valence-electron chi connectivity index (χ2n) is 4.85. The molecule has 0 radical (unpaired) electrons. The summed E-state index contributed by atoms with van der Waals surface area (Å²) in [5, 5.41) is 0. The number of hydrogen-bond donors (Lipinski definition) is 0. The molecular weight excluding hydrogens is 312 g/mol. The van der Waals surface area contributed by atoms with Crippen molar-refractivity contribution in [3.8, 4) is 17.2 Å². The molecule has 24 heavy (non-hydrogen) atoms. The summed E-state index contributed by atoms with van der Waals surface area (Å²) in [7, 11) is 1.26. The number of hydrogen-bond acceptors (Lipinski definition) is 6. The lowest BCUT2D eigenvalue weighted by Gasteiger charge is -2.06. The molecule has 0 amide bonds. The Morgan fingerprint density at radius 3 is 2.71 bits per heavy atom. The van der Waals surface area contributed by atoms with E-state index < -0.39 is 11.9 Å². The Morgan fingerprint density at radius 2 is 1.88 bits per heavy atom. The van der Waals surface area contributed by atoms with Crippen molar-refractivity contribution in [1.82, 2.24) is 0 Å². The summed E-state index contributed by atoms with van der Waals surface area (Å²) < 4.78 is 20.4. The van der Waals surface area contributed by atoms with Crippen LogP contribution in [0.1, 0.15) is 15.9 Å². The minimum atomic E-state index is -0.607. The van der Waals surface area contributed by atoms with Crippen LogP contribution in [-0.4, -0.2) is 25.8 Å². The summed E-state index contributed by atoms with van der Waals surface area (Å²) in [5.41, 5.74) is 0.947. The number of ether oxygens (including phenoxy) is 4. The summed E-state index contributed by atoms with van der Waals surface area (Å²) in [6, 6.07) is 11.7. The Bertz CT molecular complexity index is 809. The highest BCUT2D eigenvalue weighted by molar-refractivity contribution is 5.95. The van der Waals surface area contributed by atoms with Crippen molar-refractivity contribution in [2.45, 2.75) is 0 Å². The zero-order valence-electron chi connectivity index (χ0n) is 12.9. The van der Waals surface area contributed by atoms with Gasteiger partial charge < -0.3 is 18.9 Å². The van der Waals surface area contributed by atoms with Crippen molar-refractivity contribution in [2.24, 2.45) is 0 Å². The first kappa shape index (κ1) is 15.6. The highest BCUT2D eigenvalue weighted by Gasteiger charge is 2.15. The van der Waals surface area contributed by atoms with Crippen LogP contribution in [0.2, 0.25) is 0 Å². The van der Waals surface area contributed by atoms with Crippen molar-refractivity contribution < 1.29 is 28.5 Å². The Labute approximate surface area is 138 Å². The van der Waals surface area contributed by atoms with E-state index in [4.69, 9.17) is 14.2 Å². The van der Waals surface area contributed by atoms with E-state index in [9.17, 15) is 9.59 Å². The molecule has 0 N–H and O–H groups in total. The zero-order chi connectivity index (χ0) is 16.9. The highest BCUT2D eigenvalue weighted by atomic mass is 16.7. The number of para-hydroxylation sites is 1. The molecule has 0 aliphatic carbocycles. The number of rotatable bonds is 4. The molecule has 0 saturated heterocycles. The number of carbonyl (C=O) groups excluding carboxylic acids is 2. The summed E-state index contributed by atoms with van der Waals surface area (Å²) >= 11 is 0. The van der Waals surface area contributed by atoms with Crippen LogP contribution in [0.5, 0.6) is 17.2 Å². The molecule has 6 nitrogen and oxygen atoms in total. The number of benzene rings is 2. The maximum absolute atomic E-state index is 12.0. The SMILES string of the molecule is COC(=O)c1ccccc1OC(=O)C=Cc1ccc2c(c1)OCO2. The Kier molecular flexibility index (Phi) is 4.47. The van der Waals surface area contributed by atoms with Crippen LogP contribution in [-0.2, 0) is 9.53 Å². The molecule has 2 aromatic carbocycles. The first-order valence-corrected chi connectivity index (χ1v) is 7.14. The van der Waals surface area contributed by atoms with Gasteiger partial charge in [0.15, 0.2) is 11.5 Å². The maximum Gasteiger partial charge on any atom is 0.341 e. The number of fused-ring (bicyclic) bond motifs is 1. The van der Waals surface area contributed by atoms with E-state index in [2.05, 4.69) is 4.74 Å². The highest BCUT2D eigenvalue weighted by Crippen LogP contribution is 2.32. The van der Waals surface area contributed by atoms with Gasteiger partial charge in [-0.1, -0.05) is 18.2 Å². The first-order valence-electron chi connectivity index (χ1n) is 7.14. The predicted molar refractivity (Wildman–Crippen MR) is 85.0 cm³/mol. The molecule has 0 aromatic heterocycles. The molecule has 0 fully saturated rings. The topological polar surface area (TPSA) is 71.1 Å². The van der Waals surface area contributed by atoms with E-state index in [0.29, 0.717) is 11.5 Å². The van der Waals surface area contributed by atoms with Crippen molar-refractivity contribution in [3.05, 3.63) is 59.7 Å². The van der Waals surface area contributed by atoms with Crippen molar-refractivity contribution in [1.29, 1.82) is 0 Å². The van der Waals surface area contributed by atoms with Gasteiger partial charge in [-0.05, 0) is 35.9 Å². The molecule has 1 heterocycles. The van der Waals surface area contributed by atoms with Crippen LogP contribution in [0, 0.1) is 0 Å². The van der Waals surface area contributed by atoms with E-state index in [0.717, 1.165) is 5.56 Å². The monoisotopic (exact) mass is 326 g/mol. The minimum absolute atomic E-state index is 0.143. The van der Waals surface area contributed by atoms with Gasteiger partial charge in [0.1, 0.15) is 11.3 Å². The van der Waals surface area contributed by atoms with E-state index in [1.807, 2.05) is 0 Å². The fraction of sp³-hybridized carbons (Fsp3) is 0.111. The molecular formula is C18H14O6. The van der Waals surface area contributed by atoms with Crippen LogP contribution in [0.4, 0.5) is 0 Å². The molecule has 6 heteroatoms. The van der Waals surface area contributed by atoms with Gasteiger partial charge in [-0.15, -0.1) is 0 Å². The van der Waals surface area contributed by atoms with E-state index in [1.54, 1.807) is 36.4 Å².